The molecule has 0 radical (unpaired) electrons. The van der Waals surface area contributed by atoms with Crippen molar-refractivity contribution >= 4 is 5.91 Å². The first kappa shape index (κ1) is 14.8. The molecule has 1 amide bonds. The van der Waals surface area contributed by atoms with Gasteiger partial charge in [0.05, 0.1) is 23.9 Å². The lowest BCUT2D eigenvalue weighted by Gasteiger charge is -2.34. The molecule has 3 unspecified atom stereocenters. The molecule has 2 heterocycles. The highest BCUT2D eigenvalue weighted by molar-refractivity contribution is 5.88. The van der Waals surface area contributed by atoms with Crippen molar-refractivity contribution in [2.45, 2.75) is 71.2 Å². The Morgan fingerprint density at radius 3 is 2.63 bits per heavy atom. The largest absolute Gasteiger partial charge is 0.373 e. The minimum absolute atomic E-state index is 0.124. The molecule has 2 aliphatic heterocycles. The molecule has 0 aromatic rings. The summed E-state index contributed by atoms with van der Waals surface area (Å²) < 4.78 is 5.86. The third-order valence-electron chi connectivity index (χ3n) is 4.68. The van der Waals surface area contributed by atoms with E-state index in [1.807, 2.05) is 11.8 Å². The number of hydrogen-bond acceptors (Lipinski definition) is 3. The van der Waals surface area contributed by atoms with E-state index in [0.29, 0.717) is 12.5 Å². The van der Waals surface area contributed by atoms with Gasteiger partial charge in [-0.15, -0.1) is 0 Å². The van der Waals surface area contributed by atoms with Crippen LogP contribution in [0.5, 0.6) is 0 Å². The van der Waals surface area contributed by atoms with Crippen LogP contribution in [0.3, 0.4) is 0 Å². The molecule has 0 aromatic carbocycles. The molecule has 3 atom stereocenters. The average molecular weight is 268 g/mol. The molecule has 1 N–H and O–H groups in total. The fourth-order valence-corrected chi connectivity index (χ4v) is 3.18. The van der Waals surface area contributed by atoms with Gasteiger partial charge in [0.15, 0.2) is 0 Å². The first-order valence-electron chi connectivity index (χ1n) is 7.54. The summed E-state index contributed by atoms with van der Waals surface area (Å²) in [5.74, 6) is 0.632. The van der Waals surface area contributed by atoms with Crippen LogP contribution in [0.1, 0.15) is 53.9 Å². The molecule has 2 aliphatic rings. The Balaban J connectivity index is 2.18. The molecule has 0 aliphatic carbocycles. The summed E-state index contributed by atoms with van der Waals surface area (Å²) in [4.78, 5) is 14.7. The highest BCUT2D eigenvalue weighted by Crippen LogP contribution is 2.32. The Bertz CT molecular complexity index is 350. The number of nitrogens with zero attached hydrogens (tertiary/aromatic N) is 1. The van der Waals surface area contributed by atoms with Crippen LogP contribution in [-0.4, -0.2) is 41.3 Å². The first-order chi connectivity index (χ1) is 8.81. The molecule has 4 heteroatoms. The number of amides is 1. The van der Waals surface area contributed by atoms with Crippen molar-refractivity contribution in [2.24, 2.45) is 5.92 Å². The predicted molar refractivity (Wildman–Crippen MR) is 75.8 cm³/mol. The van der Waals surface area contributed by atoms with Gasteiger partial charge in [0.25, 0.3) is 0 Å². The molecule has 19 heavy (non-hydrogen) atoms. The van der Waals surface area contributed by atoms with Crippen LogP contribution in [0, 0.1) is 5.92 Å². The molecular formula is C15H28N2O2. The summed E-state index contributed by atoms with van der Waals surface area (Å²) in [6, 6.07) is 0. The highest BCUT2D eigenvalue weighted by Gasteiger charge is 2.49. The van der Waals surface area contributed by atoms with E-state index in [1.54, 1.807) is 0 Å². The first-order valence-corrected chi connectivity index (χ1v) is 7.54. The molecule has 110 valence electrons. The monoisotopic (exact) mass is 268 g/mol. The zero-order chi connectivity index (χ0) is 14.3. The van der Waals surface area contributed by atoms with Crippen molar-refractivity contribution in [3.8, 4) is 0 Å². The molecule has 2 saturated heterocycles. The quantitative estimate of drug-likeness (QED) is 0.849. The SMILES string of the molecule is CCC1(C)NC(C(C)C)N(CC2(C)CCCO2)C1=O. The van der Waals surface area contributed by atoms with Gasteiger partial charge in [0.1, 0.15) is 0 Å². The van der Waals surface area contributed by atoms with E-state index < -0.39 is 5.54 Å². The smallest absolute Gasteiger partial charge is 0.243 e. The molecule has 0 spiro atoms. The molecular weight excluding hydrogens is 240 g/mol. The van der Waals surface area contributed by atoms with Crippen LogP contribution in [0.25, 0.3) is 0 Å². The van der Waals surface area contributed by atoms with Gasteiger partial charge in [-0.1, -0.05) is 20.8 Å². The average Bonchev–Trinajstić information content (AvgIpc) is 2.88. The molecule has 0 saturated carbocycles. The van der Waals surface area contributed by atoms with Crippen molar-refractivity contribution < 1.29 is 9.53 Å². The lowest BCUT2D eigenvalue weighted by Crippen LogP contribution is -2.48. The Kier molecular flexibility index (Phi) is 3.94. The van der Waals surface area contributed by atoms with Crippen LogP contribution < -0.4 is 5.32 Å². The Hall–Kier alpha value is -0.610. The molecule has 4 nitrogen and oxygen atoms in total. The maximum atomic E-state index is 12.7. The van der Waals surface area contributed by atoms with E-state index in [1.165, 1.54) is 0 Å². The number of nitrogens with one attached hydrogen (secondary N) is 1. The summed E-state index contributed by atoms with van der Waals surface area (Å²) in [5, 5.41) is 3.53. The van der Waals surface area contributed by atoms with Crippen molar-refractivity contribution in [2.75, 3.05) is 13.2 Å². The van der Waals surface area contributed by atoms with E-state index >= 15 is 0 Å². The van der Waals surface area contributed by atoms with E-state index in [9.17, 15) is 4.79 Å². The molecule has 2 fully saturated rings. The zero-order valence-electron chi connectivity index (χ0n) is 13.0. The van der Waals surface area contributed by atoms with E-state index in [2.05, 4.69) is 33.0 Å². The van der Waals surface area contributed by atoms with Crippen LogP contribution in [0.4, 0.5) is 0 Å². The van der Waals surface area contributed by atoms with Gasteiger partial charge < -0.3 is 9.64 Å². The summed E-state index contributed by atoms with van der Waals surface area (Å²) in [7, 11) is 0. The molecule has 2 rings (SSSR count). The van der Waals surface area contributed by atoms with Gasteiger partial charge >= 0.3 is 0 Å². The second kappa shape index (κ2) is 5.06. The minimum Gasteiger partial charge on any atom is -0.373 e. The lowest BCUT2D eigenvalue weighted by molar-refractivity contribution is -0.137. The van der Waals surface area contributed by atoms with E-state index in [4.69, 9.17) is 4.74 Å². The van der Waals surface area contributed by atoms with Crippen molar-refractivity contribution in [3.63, 3.8) is 0 Å². The standard InChI is InChI=1S/C15H28N2O2/c1-6-15(5)13(18)17(12(16-15)11(2)3)10-14(4)8-7-9-19-14/h11-12,16H,6-10H2,1-5H3. The van der Waals surface area contributed by atoms with Gasteiger partial charge in [0, 0.05) is 6.61 Å². The third-order valence-corrected chi connectivity index (χ3v) is 4.68. The number of hydrogen-bond donors (Lipinski definition) is 1. The van der Waals surface area contributed by atoms with Crippen LogP contribution >= 0.6 is 0 Å². The van der Waals surface area contributed by atoms with Crippen molar-refractivity contribution in [3.05, 3.63) is 0 Å². The summed E-state index contributed by atoms with van der Waals surface area (Å²) in [6.07, 6.45) is 3.09. The Morgan fingerprint density at radius 1 is 1.47 bits per heavy atom. The predicted octanol–water partition coefficient (Wildman–Crippen LogP) is 2.14. The van der Waals surface area contributed by atoms with Crippen LogP contribution in [0.15, 0.2) is 0 Å². The Morgan fingerprint density at radius 2 is 2.16 bits per heavy atom. The van der Waals surface area contributed by atoms with Crippen molar-refractivity contribution in [1.82, 2.24) is 10.2 Å². The van der Waals surface area contributed by atoms with Crippen molar-refractivity contribution in [1.29, 1.82) is 0 Å². The maximum absolute atomic E-state index is 12.7. The summed E-state index contributed by atoms with van der Waals surface area (Å²) in [5.41, 5.74) is -0.576. The third kappa shape index (κ3) is 2.65. The second-order valence-electron chi connectivity index (χ2n) is 6.85. The minimum atomic E-state index is -0.413. The van der Waals surface area contributed by atoms with Gasteiger partial charge in [-0.2, -0.15) is 0 Å². The number of rotatable bonds is 4. The normalized spacial score (nSPS) is 39.6. The number of carbonyl (C=O) groups is 1. The highest BCUT2D eigenvalue weighted by atomic mass is 16.5. The van der Waals surface area contributed by atoms with Gasteiger partial charge in [0.2, 0.25) is 5.91 Å². The number of carbonyl (C=O) groups excluding carboxylic acids is 1. The Labute approximate surface area is 116 Å². The van der Waals surface area contributed by atoms with Crippen LogP contribution in [-0.2, 0) is 9.53 Å². The fraction of sp³-hybridized carbons (Fsp3) is 0.933. The van der Waals surface area contributed by atoms with Gasteiger partial charge in [-0.05, 0) is 39.0 Å². The summed E-state index contributed by atoms with van der Waals surface area (Å²) in [6.45, 7) is 12.1. The van der Waals surface area contributed by atoms with Gasteiger partial charge in [-0.25, -0.2) is 0 Å². The fourth-order valence-electron chi connectivity index (χ4n) is 3.18. The second-order valence-corrected chi connectivity index (χ2v) is 6.85. The van der Waals surface area contributed by atoms with E-state index in [-0.39, 0.29) is 17.7 Å². The molecule has 0 aromatic heterocycles. The molecule has 0 bridgehead atoms. The zero-order valence-corrected chi connectivity index (χ0v) is 13.0. The maximum Gasteiger partial charge on any atom is 0.243 e. The number of ether oxygens (including phenoxy) is 1. The topological polar surface area (TPSA) is 41.6 Å². The van der Waals surface area contributed by atoms with E-state index in [0.717, 1.165) is 25.9 Å². The lowest BCUT2D eigenvalue weighted by atomic mass is 9.98. The van der Waals surface area contributed by atoms with Gasteiger partial charge in [-0.3, -0.25) is 10.1 Å². The van der Waals surface area contributed by atoms with Crippen LogP contribution in [0.2, 0.25) is 0 Å². The summed E-state index contributed by atoms with van der Waals surface area (Å²) >= 11 is 0.